The standard InChI is InChI=1S/C30H30O2/c1-3-31-29(25-17-9-5-10-18-25,26-19-11-6-12-20-26)30(32-4-2,27-21-13-7-14-22-27)28-23-15-8-16-24-28/h5-24H,3-4H2,1-2H3. The minimum absolute atomic E-state index is 0.526. The molecule has 0 radical (unpaired) electrons. The van der Waals surface area contributed by atoms with Crippen molar-refractivity contribution in [2.24, 2.45) is 0 Å². The molecular formula is C30H30O2. The van der Waals surface area contributed by atoms with E-state index >= 15 is 0 Å². The molecule has 0 spiro atoms. The fraction of sp³-hybridized carbons (Fsp3) is 0.200. The lowest BCUT2D eigenvalue weighted by atomic mass is 9.65. The van der Waals surface area contributed by atoms with E-state index in [1.54, 1.807) is 0 Å². The van der Waals surface area contributed by atoms with E-state index in [-0.39, 0.29) is 0 Å². The maximum absolute atomic E-state index is 6.90. The summed E-state index contributed by atoms with van der Waals surface area (Å²) in [6.07, 6.45) is 0. The quantitative estimate of drug-likeness (QED) is 0.291. The molecule has 0 heterocycles. The average molecular weight is 423 g/mol. The molecule has 0 aliphatic heterocycles. The van der Waals surface area contributed by atoms with Gasteiger partial charge in [-0.15, -0.1) is 0 Å². The Balaban J connectivity index is 2.20. The second kappa shape index (κ2) is 9.95. The molecule has 0 N–H and O–H groups in total. The van der Waals surface area contributed by atoms with Gasteiger partial charge in [-0.25, -0.2) is 0 Å². The summed E-state index contributed by atoms with van der Waals surface area (Å²) in [5, 5.41) is 0. The van der Waals surface area contributed by atoms with Gasteiger partial charge in [-0.1, -0.05) is 121 Å². The van der Waals surface area contributed by atoms with Gasteiger partial charge in [0.25, 0.3) is 0 Å². The van der Waals surface area contributed by atoms with Crippen LogP contribution in [0.1, 0.15) is 36.1 Å². The molecule has 0 aliphatic carbocycles. The van der Waals surface area contributed by atoms with Crippen molar-refractivity contribution in [3.8, 4) is 0 Å². The van der Waals surface area contributed by atoms with Crippen LogP contribution in [0.25, 0.3) is 0 Å². The van der Waals surface area contributed by atoms with Gasteiger partial charge in [0.1, 0.15) is 0 Å². The molecular weight excluding hydrogens is 392 g/mol. The molecule has 0 amide bonds. The van der Waals surface area contributed by atoms with Crippen molar-refractivity contribution < 1.29 is 9.47 Å². The first-order valence-corrected chi connectivity index (χ1v) is 11.3. The smallest absolute Gasteiger partial charge is 0.155 e. The molecule has 162 valence electrons. The van der Waals surface area contributed by atoms with Crippen LogP contribution in [0.2, 0.25) is 0 Å². The monoisotopic (exact) mass is 422 g/mol. The number of hydrogen-bond donors (Lipinski definition) is 0. The molecule has 0 atom stereocenters. The van der Waals surface area contributed by atoms with Crippen LogP contribution in [0.3, 0.4) is 0 Å². The van der Waals surface area contributed by atoms with Gasteiger partial charge in [0.05, 0.1) is 0 Å². The predicted octanol–water partition coefficient (Wildman–Crippen LogP) is 6.95. The van der Waals surface area contributed by atoms with Crippen molar-refractivity contribution >= 4 is 0 Å². The van der Waals surface area contributed by atoms with Gasteiger partial charge in [-0.2, -0.15) is 0 Å². The molecule has 2 heteroatoms. The Hall–Kier alpha value is -3.20. The molecule has 0 saturated heterocycles. The van der Waals surface area contributed by atoms with E-state index in [0.717, 1.165) is 22.3 Å². The lowest BCUT2D eigenvalue weighted by Gasteiger charge is -2.51. The van der Waals surface area contributed by atoms with E-state index in [4.69, 9.17) is 9.47 Å². The van der Waals surface area contributed by atoms with Gasteiger partial charge in [-0.05, 0) is 36.1 Å². The van der Waals surface area contributed by atoms with Gasteiger partial charge in [0.2, 0.25) is 0 Å². The molecule has 0 bridgehead atoms. The molecule has 4 aromatic rings. The minimum atomic E-state index is -0.914. The summed E-state index contributed by atoms with van der Waals surface area (Å²) in [7, 11) is 0. The lowest BCUT2D eigenvalue weighted by molar-refractivity contribution is -0.177. The van der Waals surface area contributed by atoms with Crippen LogP contribution in [0.15, 0.2) is 121 Å². The average Bonchev–Trinajstić information content (AvgIpc) is 2.88. The summed E-state index contributed by atoms with van der Waals surface area (Å²) < 4.78 is 13.8. The Morgan fingerprint density at radius 2 is 0.625 bits per heavy atom. The topological polar surface area (TPSA) is 18.5 Å². The highest BCUT2D eigenvalue weighted by Crippen LogP contribution is 2.54. The number of benzene rings is 4. The number of hydrogen-bond acceptors (Lipinski definition) is 2. The van der Waals surface area contributed by atoms with E-state index in [0.29, 0.717) is 13.2 Å². The zero-order valence-electron chi connectivity index (χ0n) is 18.8. The molecule has 0 aliphatic rings. The highest BCUT2D eigenvalue weighted by Gasteiger charge is 2.58. The minimum Gasteiger partial charge on any atom is -0.362 e. The first-order valence-electron chi connectivity index (χ1n) is 11.3. The molecule has 0 aromatic heterocycles. The van der Waals surface area contributed by atoms with Crippen LogP contribution >= 0.6 is 0 Å². The zero-order chi connectivity index (χ0) is 22.3. The Kier molecular flexibility index (Phi) is 6.84. The van der Waals surface area contributed by atoms with Crippen molar-refractivity contribution in [3.63, 3.8) is 0 Å². The van der Waals surface area contributed by atoms with Crippen LogP contribution < -0.4 is 0 Å². The normalized spacial score (nSPS) is 11.9. The van der Waals surface area contributed by atoms with Crippen molar-refractivity contribution in [3.05, 3.63) is 144 Å². The van der Waals surface area contributed by atoms with Crippen LogP contribution in [0, 0.1) is 0 Å². The second-order valence-corrected chi connectivity index (χ2v) is 7.69. The Morgan fingerprint density at radius 3 is 0.812 bits per heavy atom. The SMILES string of the molecule is CCOC(c1ccccc1)(c1ccccc1)C(OCC)(c1ccccc1)c1ccccc1. The van der Waals surface area contributed by atoms with E-state index < -0.39 is 11.2 Å². The van der Waals surface area contributed by atoms with Crippen LogP contribution in [-0.4, -0.2) is 13.2 Å². The largest absolute Gasteiger partial charge is 0.362 e. The van der Waals surface area contributed by atoms with E-state index in [1.807, 2.05) is 38.1 Å². The predicted molar refractivity (Wildman–Crippen MR) is 131 cm³/mol. The Morgan fingerprint density at radius 1 is 0.406 bits per heavy atom. The molecule has 2 nitrogen and oxygen atoms in total. The molecule has 32 heavy (non-hydrogen) atoms. The third-order valence-electron chi connectivity index (χ3n) is 5.94. The van der Waals surface area contributed by atoms with Gasteiger partial charge >= 0.3 is 0 Å². The van der Waals surface area contributed by atoms with Crippen LogP contribution in [-0.2, 0) is 20.7 Å². The van der Waals surface area contributed by atoms with Crippen molar-refractivity contribution in [2.75, 3.05) is 13.2 Å². The Labute approximate surface area is 191 Å². The van der Waals surface area contributed by atoms with Crippen molar-refractivity contribution in [1.29, 1.82) is 0 Å². The van der Waals surface area contributed by atoms with Gasteiger partial charge in [0, 0.05) is 13.2 Å². The van der Waals surface area contributed by atoms with Crippen LogP contribution in [0.4, 0.5) is 0 Å². The van der Waals surface area contributed by atoms with Gasteiger partial charge in [0.15, 0.2) is 11.2 Å². The van der Waals surface area contributed by atoms with Crippen molar-refractivity contribution in [2.45, 2.75) is 25.0 Å². The summed E-state index contributed by atoms with van der Waals surface area (Å²) in [6, 6.07) is 41.8. The van der Waals surface area contributed by atoms with Gasteiger partial charge < -0.3 is 9.47 Å². The highest BCUT2D eigenvalue weighted by atomic mass is 16.6. The maximum atomic E-state index is 6.90. The Bertz CT molecular complexity index is 907. The highest BCUT2D eigenvalue weighted by molar-refractivity contribution is 5.51. The molecule has 0 saturated carbocycles. The first-order chi connectivity index (χ1) is 15.8. The molecule has 0 unspecified atom stereocenters. The third-order valence-corrected chi connectivity index (χ3v) is 5.94. The number of ether oxygens (including phenoxy) is 2. The van der Waals surface area contributed by atoms with Crippen molar-refractivity contribution in [1.82, 2.24) is 0 Å². The van der Waals surface area contributed by atoms with E-state index in [2.05, 4.69) is 97.1 Å². The fourth-order valence-electron chi connectivity index (χ4n) is 4.81. The number of rotatable bonds is 9. The summed E-state index contributed by atoms with van der Waals surface area (Å²) in [6.45, 7) is 5.15. The van der Waals surface area contributed by atoms with E-state index in [1.165, 1.54) is 0 Å². The molecule has 4 aromatic carbocycles. The second-order valence-electron chi connectivity index (χ2n) is 7.69. The lowest BCUT2D eigenvalue weighted by Crippen LogP contribution is -2.54. The maximum Gasteiger partial charge on any atom is 0.155 e. The van der Waals surface area contributed by atoms with Gasteiger partial charge in [-0.3, -0.25) is 0 Å². The summed E-state index contributed by atoms with van der Waals surface area (Å²) >= 11 is 0. The summed E-state index contributed by atoms with van der Waals surface area (Å²) in [5.74, 6) is 0. The third kappa shape index (κ3) is 3.66. The fourth-order valence-corrected chi connectivity index (χ4v) is 4.81. The summed E-state index contributed by atoms with van der Waals surface area (Å²) in [5.41, 5.74) is 2.37. The van der Waals surface area contributed by atoms with Crippen LogP contribution in [0.5, 0.6) is 0 Å². The van der Waals surface area contributed by atoms with E-state index in [9.17, 15) is 0 Å². The molecule has 0 fully saturated rings. The zero-order valence-corrected chi connectivity index (χ0v) is 18.8. The molecule has 4 rings (SSSR count). The summed E-state index contributed by atoms with van der Waals surface area (Å²) in [4.78, 5) is 0. The first kappa shape index (κ1) is 22.0.